The highest BCUT2D eigenvalue weighted by molar-refractivity contribution is 6.04. The van der Waals surface area contributed by atoms with Crippen LogP contribution in [0.2, 0.25) is 0 Å². The van der Waals surface area contributed by atoms with Crippen LogP contribution in [0.4, 0.5) is 11.6 Å². The third-order valence-corrected chi connectivity index (χ3v) is 2.96. The number of nitrogens with one attached hydrogen (secondary N) is 2. The first-order valence-electron chi connectivity index (χ1n) is 6.60. The van der Waals surface area contributed by atoms with Gasteiger partial charge in [0.2, 0.25) is 0 Å². The monoisotopic (exact) mass is 288 g/mol. The van der Waals surface area contributed by atoms with Gasteiger partial charge in [-0.2, -0.15) is 5.10 Å². The Labute approximate surface area is 123 Å². The summed E-state index contributed by atoms with van der Waals surface area (Å²) in [6.07, 6.45) is 1.76. The summed E-state index contributed by atoms with van der Waals surface area (Å²) in [6.45, 7) is 6.07. The van der Waals surface area contributed by atoms with Gasteiger partial charge in [0.05, 0.1) is 0 Å². The molecule has 0 radical (unpaired) electrons. The Morgan fingerprint density at radius 3 is 2.52 bits per heavy atom. The number of carbonyl (C=O) groups is 1. The number of nitrogen functional groups attached to an aromatic ring is 1. The average molecular weight is 288 g/mol. The topological polar surface area (TPSA) is 97.9 Å². The van der Waals surface area contributed by atoms with Gasteiger partial charge in [-0.1, -0.05) is 20.8 Å². The van der Waals surface area contributed by atoms with Gasteiger partial charge in [0.25, 0.3) is 5.91 Å². The van der Waals surface area contributed by atoms with Crippen molar-refractivity contribution in [3.05, 3.63) is 35.7 Å². The maximum absolute atomic E-state index is 12.3. The SMILES string of the molecule is Cn1ccc(NC(=O)c2cc(NN)nc(C(C)(C)C)c2)n1. The molecule has 0 bridgehead atoms. The van der Waals surface area contributed by atoms with Gasteiger partial charge in [0.1, 0.15) is 5.82 Å². The molecule has 0 aromatic carbocycles. The number of nitrogens with zero attached hydrogens (tertiary/aromatic N) is 3. The van der Waals surface area contributed by atoms with E-state index >= 15 is 0 Å². The van der Waals surface area contributed by atoms with E-state index in [0.29, 0.717) is 17.2 Å². The van der Waals surface area contributed by atoms with Gasteiger partial charge < -0.3 is 10.7 Å². The van der Waals surface area contributed by atoms with Gasteiger partial charge in [-0.3, -0.25) is 9.48 Å². The maximum atomic E-state index is 12.3. The summed E-state index contributed by atoms with van der Waals surface area (Å²) in [5.74, 6) is 6.13. The highest BCUT2D eigenvalue weighted by atomic mass is 16.1. The summed E-state index contributed by atoms with van der Waals surface area (Å²) in [5.41, 5.74) is 3.57. The van der Waals surface area contributed by atoms with Crippen molar-refractivity contribution in [2.45, 2.75) is 26.2 Å². The van der Waals surface area contributed by atoms with E-state index < -0.39 is 0 Å². The maximum Gasteiger partial charge on any atom is 0.257 e. The molecule has 0 aliphatic heterocycles. The summed E-state index contributed by atoms with van der Waals surface area (Å²) in [4.78, 5) is 16.7. The molecule has 7 heteroatoms. The van der Waals surface area contributed by atoms with Crippen molar-refractivity contribution in [3.63, 3.8) is 0 Å². The molecule has 0 unspecified atom stereocenters. The van der Waals surface area contributed by atoms with Crippen molar-refractivity contribution < 1.29 is 4.79 Å². The molecule has 2 aromatic rings. The van der Waals surface area contributed by atoms with Crippen molar-refractivity contribution in [1.82, 2.24) is 14.8 Å². The van der Waals surface area contributed by atoms with Crippen LogP contribution >= 0.6 is 0 Å². The normalized spacial score (nSPS) is 11.3. The molecule has 0 atom stereocenters. The summed E-state index contributed by atoms with van der Waals surface area (Å²) >= 11 is 0. The molecule has 2 rings (SSSR count). The molecular weight excluding hydrogens is 268 g/mol. The van der Waals surface area contributed by atoms with Crippen molar-refractivity contribution >= 4 is 17.5 Å². The number of hydrogen-bond donors (Lipinski definition) is 3. The Kier molecular flexibility index (Phi) is 3.95. The fourth-order valence-electron chi connectivity index (χ4n) is 1.79. The number of hydrazine groups is 1. The Hall–Kier alpha value is -2.41. The number of nitrogens with two attached hydrogens (primary N) is 1. The lowest BCUT2D eigenvalue weighted by Crippen LogP contribution is -2.20. The van der Waals surface area contributed by atoms with Crippen LogP contribution in [0.5, 0.6) is 0 Å². The minimum absolute atomic E-state index is 0.188. The van der Waals surface area contributed by atoms with Crippen molar-refractivity contribution in [3.8, 4) is 0 Å². The molecule has 0 fully saturated rings. The zero-order valence-corrected chi connectivity index (χ0v) is 12.6. The number of amides is 1. The summed E-state index contributed by atoms with van der Waals surface area (Å²) in [5, 5.41) is 6.86. The molecule has 7 nitrogen and oxygen atoms in total. The van der Waals surface area contributed by atoms with Crippen molar-refractivity contribution in [1.29, 1.82) is 0 Å². The standard InChI is InChI=1S/C14H20N6O/c1-14(2,3)10-7-9(8-12(16-10)18-15)13(21)17-11-5-6-20(4)19-11/h5-8H,15H2,1-4H3,(H,16,18)(H,17,19,21). The van der Waals surface area contributed by atoms with Crippen LogP contribution in [0, 0.1) is 0 Å². The number of rotatable bonds is 3. The van der Waals surface area contributed by atoms with E-state index in [1.165, 1.54) is 0 Å². The van der Waals surface area contributed by atoms with E-state index in [-0.39, 0.29) is 11.3 Å². The predicted molar refractivity (Wildman–Crippen MR) is 81.9 cm³/mol. The zero-order chi connectivity index (χ0) is 15.6. The lowest BCUT2D eigenvalue weighted by Gasteiger charge is -2.19. The van der Waals surface area contributed by atoms with E-state index in [1.54, 1.807) is 36.1 Å². The second-order valence-corrected chi connectivity index (χ2v) is 5.85. The lowest BCUT2D eigenvalue weighted by atomic mass is 9.90. The van der Waals surface area contributed by atoms with Crippen molar-refractivity contribution in [2.75, 3.05) is 10.7 Å². The molecule has 0 saturated carbocycles. The van der Waals surface area contributed by atoms with Crippen LogP contribution < -0.4 is 16.6 Å². The Balaban J connectivity index is 2.31. The smallest absolute Gasteiger partial charge is 0.257 e. The van der Waals surface area contributed by atoms with E-state index in [9.17, 15) is 4.79 Å². The number of aryl methyl sites for hydroxylation is 1. The first-order chi connectivity index (χ1) is 9.79. The van der Waals surface area contributed by atoms with Crippen LogP contribution in [0.3, 0.4) is 0 Å². The third kappa shape index (κ3) is 3.57. The first-order valence-corrected chi connectivity index (χ1v) is 6.60. The van der Waals surface area contributed by atoms with E-state index in [4.69, 9.17) is 5.84 Å². The van der Waals surface area contributed by atoms with Gasteiger partial charge in [-0.25, -0.2) is 10.8 Å². The van der Waals surface area contributed by atoms with Gasteiger partial charge in [-0.15, -0.1) is 0 Å². The van der Waals surface area contributed by atoms with E-state index in [0.717, 1.165) is 5.69 Å². The number of carbonyl (C=O) groups excluding carboxylic acids is 1. The molecule has 112 valence electrons. The van der Waals surface area contributed by atoms with Crippen LogP contribution in [0.15, 0.2) is 24.4 Å². The second kappa shape index (κ2) is 5.53. The largest absolute Gasteiger partial charge is 0.308 e. The molecule has 2 heterocycles. The molecule has 1 amide bonds. The Morgan fingerprint density at radius 1 is 1.29 bits per heavy atom. The molecule has 21 heavy (non-hydrogen) atoms. The molecule has 0 aliphatic carbocycles. The van der Waals surface area contributed by atoms with Crippen molar-refractivity contribution in [2.24, 2.45) is 12.9 Å². The zero-order valence-electron chi connectivity index (χ0n) is 12.6. The van der Waals surface area contributed by atoms with Gasteiger partial charge >= 0.3 is 0 Å². The quantitative estimate of drug-likeness (QED) is 0.589. The third-order valence-electron chi connectivity index (χ3n) is 2.96. The molecule has 0 aliphatic rings. The lowest BCUT2D eigenvalue weighted by molar-refractivity contribution is 0.102. The Bertz CT molecular complexity index is 656. The van der Waals surface area contributed by atoms with Crippen LogP contribution in [-0.4, -0.2) is 20.7 Å². The van der Waals surface area contributed by atoms with Crippen LogP contribution in [-0.2, 0) is 12.5 Å². The Morgan fingerprint density at radius 2 is 2.00 bits per heavy atom. The average Bonchev–Trinajstić information content (AvgIpc) is 2.82. The number of hydrogen-bond acceptors (Lipinski definition) is 5. The summed E-state index contributed by atoms with van der Waals surface area (Å²) < 4.78 is 1.62. The minimum Gasteiger partial charge on any atom is -0.308 e. The van der Waals surface area contributed by atoms with Gasteiger partial charge in [0, 0.05) is 36.0 Å². The molecule has 0 saturated heterocycles. The molecular formula is C14H20N6O. The number of aromatic nitrogens is 3. The molecule has 0 spiro atoms. The van der Waals surface area contributed by atoms with E-state index in [1.807, 2.05) is 20.8 Å². The predicted octanol–water partition coefficient (Wildman–Crippen LogP) is 1.65. The highest BCUT2D eigenvalue weighted by Gasteiger charge is 2.19. The van der Waals surface area contributed by atoms with E-state index in [2.05, 4.69) is 20.8 Å². The first kappa shape index (κ1) is 15.0. The number of pyridine rings is 1. The summed E-state index contributed by atoms with van der Waals surface area (Å²) in [6, 6.07) is 5.10. The van der Waals surface area contributed by atoms with Gasteiger partial charge in [-0.05, 0) is 12.1 Å². The molecule has 2 aromatic heterocycles. The van der Waals surface area contributed by atoms with Crippen LogP contribution in [0.25, 0.3) is 0 Å². The molecule has 4 N–H and O–H groups in total. The minimum atomic E-state index is -0.252. The van der Waals surface area contributed by atoms with Gasteiger partial charge in [0.15, 0.2) is 5.82 Å². The second-order valence-electron chi connectivity index (χ2n) is 5.85. The highest BCUT2D eigenvalue weighted by Crippen LogP contribution is 2.23. The van der Waals surface area contributed by atoms with Crippen LogP contribution in [0.1, 0.15) is 36.8 Å². The fraction of sp³-hybridized carbons (Fsp3) is 0.357. The number of anilines is 2. The summed E-state index contributed by atoms with van der Waals surface area (Å²) in [7, 11) is 1.79. The fourth-order valence-corrected chi connectivity index (χ4v) is 1.79.